The highest BCUT2D eigenvalue weighted by molar-refractivity contribution is 5.73. The molecule has 0 bridgehead atoms. The summed E-state index contributed by atoms with van der Waals surface area (Å²) < 4.78 is 5.29. The molecule has 0 aromatic heterocycles. The number of nitrogens with zero attached hydrogens (tertiary/aromatic N) is 1. The van der Waals surface area contributed by atoms with Gasteiger partial charge in [-0.1, -0.05) is 30.3 Å². The maximum Gasteiger partial charge on any atom is 0.320 e. The number of benzene rings is 1. The number of hydrogen-bond donors (Lipinski definition) is 2. The molecule has 1 aliphatic rings. The second-order valence-electron chi connectivity index (χ2n) is 5.00. The summed E-state index contributed by atoms with van der Waals surface area (Å²) in [6.07, 6.45) is 0.613. The molecule has 2 rings (SSSR count). The van der Waals surface area contributed by atoms with E-state index in [9.17, 15) is 9.90 Å². The first kappa shape index (κ1) is 15.0. The van der Waals surface area contributed by atoms with Gasteiger partial charge in [-0.2, -0.15) is 0 Å². The van der Waals surface area contributed by atoms with Gasteiger partial charge in [0.15, 0.2) is 0 Å². The lowest BCUT2D eigenvalue weighted by Gasteiger charge is -2.27. The summed E-state index contributed by atoms with van der Waals surface area (Å²) in [5, 5.41) is 12.4. The molecule has 110 valence electrons. The smallest absolute Gasteiger partial charge is 0.320 e. The third-order valence-electron chi connectivity index (χ3n) is 3.53. The fraction of sp³-hybridized carbons (Fsp3) is 0.533. The molecule has 1 atom stereocenters. The number of aliphatic carboxylic acids is 1. The van der Waals surface area contributed by atoms with Crippen LogP contribution >= 0.6 is 0 Å². The summed E-state index contributed by atoms with van der Waals surface area (Å²) in [7, 11) is 0. The summed E-state index contributed by atoms with van der Waals surface area (Å²) in [5.74, 6) is -0.783. The van der Waals surface area contributed by atoms with Gasteiger partial charge in [0.2, 0.25) is 0 Å². The van der Waals surface area contributed by atoms with Crippen LogP contribution in [0.2, 0.25) is 0 Å². The number of rotatable bonds is 7. The standard InChI is InChI=1S/C15H22N2O3/c18-15(19)14(6-7-17-8-10-20-11-9-17)16-12-13-4-2-1-3-5-13/h1-5,14,16H,6-12H2,(H,18,19). The number of hydrogen-bond acceptors (Lipinski definition) is 4. The molecule has 0 spiro atoms. The summed E-state index contributed by atoms with van der Waals surface area (Å²) in [6.45, 7) is 4.66. The summed E-state index contributed by atoms with van der Waals surface area (Å²) >= 11 is 0. The molecule has 20 heavy (non-hydrogen) atoms. The Labute approximate surface area is 119 Å². The molecule has 1 aromatic carbocycles. The predicted octanol–water partition coefficient (Wildman–Crippen LogP) is 0.952. The van der Waals surface area contributed by atoms with E-state index in [-0.39, 0.29) is 0 Å². The van der Waals surface area contributed by atoms with Crippen LogP contribution in [0.5, 0.6) is 0 Å². The SMILES string of the molecule is O=C(O)C(CCN1CCOCC1)NCc1ccccc1. The van der Waals surface area contributed by atoms with Crippen molar-refractivity contribution in [2.24, 2.45) is 0 Å². The predicted molar refractivity (Wildman–Crippen MR) is 76.6 cm³/mol. The highest BCUT2D eigenvalue weighted by Crippen LogP contribution is 2.03. The minimum Gasteiger partial charge on any atom is -0.480 e. The molecule has 1 fully saturated rings. The first-order valence-corrected chi connectivity index (χ1v) is 7.06. The van der Waals surface area contributed by atoms with E-state index in [2.05, 4.69) is 10.2 Å². The van der Waals surface area contributed by atoms with Gasteiger partial charge in [0.05, 0.1) is 13.2 Å². The molecule has 1 aromatic rings. The van der Waals surface area contributed by atoms with Gasteiger partial charge in [-0.25, -0.2) is 0 Å². The molecule has 1 unspecified atom stereocenters. The van der Waals surface area contributed by atoms with Gasteiger partial charge in [0.1, 0.15) is 6.04 Å². The van der Waals surface area contributed by atoms with E-state index in [0.717, 1.165) is 38.4 Å². The van der Waals surface area contributed by atoms with Crippen LogP contribution in [0.3, 0.4) is 0 Å². The van der Waals surface area contributed by atoms with Crippen molar-refractivity contribution in [2.75, 3.05) is 32.8 Å². The molecular formula is C15H22N2O3. The number of morpholine rings is 1. The maximum atomic E-state index is 11.3. The lowest BCUT2D eigenvalue weighted by Crippen LogP contribution is -2.42. The monoisotopic (exact) mass is 278 g/mol. The fourth-order valence-corrected chi connectivity index (χ4v) is 2.29. The Morgan fingerprint density at radius 2 is 2.00 bits per heavy atom. The minimum atomic E-state index is -0.783. The van der Waals surface area contributed by atoms with E-state index < -0.39 is 12.0 Å². The van der Waals surface area contributed by atoms with E-state index in [1.165, 1.54) is 0 Å². The highest BCUT2D eigenvalue weighted by Gasteiger charge is 2.19. The highest BCUT2D eigenvalue weighted by atomic mass is 16.5. The summed E-state index contributed by atoms with van der Waals surface area (Å²) in [5.41, 5.74) is 1.10. The van der Waals surface area contributed by atoms with Crippen LogP contribution in [-0.4, -0.2) is 54.9 Å². The third-order valence-corrected chi connectivity index (χ3v) is 3.53. The molecule has 0 radical (unpaired) electrons. The second-order valence-corrected chi connectivity index (χ2v) is 5.00. The third kappa shape index (κ3) is 4.92. The first-order valence-electron chi connectivity index (χ1n) is 7.06. The maximum absolute atomic E-state index is 11.3. The van der Waals surface area contributed by atoms with Crippen LogP contribution in [0.15, 0.2) is 30.3 Å². The largest absolute Gasteiger partial charge is 0.480 e. The van der Waals surface area contributed by atoms with Crippen molar-refractivity contribution in [3.05, 3.63) is 35.9 Å². The Balaban J connectivity index is 1.76. The number of carboxylic acid groups (broad SMARTS) is 1. The molecule has 5 heteroatoms. The second kappa shape index (κ2) is 7.99. The van der Waals surface area contributed by atoms with E-state index in [0.29, 0.717) is 13.0 Å². The molecule has 1 aliphatic heterocycles. The minimum absolute atomic E-state index is 0.502. The average Bonchev–Trinajstić information content (AvgIpc) is 2.49. The fourth-order valence-electron chi connectivity index (χ4n) is 2.29. The van der Waals surface area contributed by atoms with Crippen molar-refractivity contribution in [3.8, 4) is 0 Å². The van der Waals surface area contributed by atoms with Gasteiger partial charge in [-0.15, -0.1) is 0 Å². The van der Waals surface area contributed by atoms with E-state index in [4.69, 9.17) is 4.74 Å². The molecule has 1 heterocycles. The summed E-state index contributed by atoms with van der Waals surface area (Å²) in [4.78, 5) is 13.5. The number of carbonyl (C=O) groups is 1. The van der Waals surface area contributed by atoms with E-state index in [1.54, 1.807) is 0 Å². The van der Waals surface area contributed by atoms with Gasteiger partial charge in [-0.3, -0.25) is 9.69 Å². The normalized spacial score (nSPS) is 17.8. The lowest BCUT2D eigenvalue weighted by atomic mass is 10.1. The zero-order valence-electron chi connectivity index (χ0n) is 11.6. The Bertz CT molecular complexity index is 405. The Hall–Kier alpha value is -1.43. The quantitative estimate of drug-likeness (QED) is 0.777. The van der Waals surface area contributed by atoms with Gasteiger partial charge >= 0.3 is 5.97 Å². The van der Waals surface area contributed by atoms with Gasteiger partial charge < -0.3 is 15.2 Å². The van der Waals surface area contributed by atoms with Gasteiger partial charge in [0.25, 0.3) is 0 Å². The zero-order valence-corrected chi connectivity index (χ0v) is 11.6. The zero-order chi connectivity index (χ0) is 14.2. The van der Waals surface area contributed by atoms with Crippen LogP contribution < -0.4 is 5.32 Å². The van der Waals surface area contributed by atoms with Gasteiger partial charge in [0, 0.05) is 26.2 Å². The Morgan fingerprint density at radius 3 is 2.65 bits per heavy atom. The molecule has 2 N–H and O–H groups in total. The molecule has 0 aliphatic carbocycles. The number of ether oxygens (including phenoxy) is 1. The first-order chi connectivity index (χ1) is 9.75. The van der Waals surface area contributed by atoms with Crippen molar-refractivity contribution in [2.45, 2.75) is 19.0 Å². The Kier molecular flexibility index (Phi) is 5.98. The molecule has 0 saturated carbocycles. The van der Waals surface area contributed by atoms with E-state index in [1.807, 2.05) is 30.3 Å². The van der Waals surface area contributed by atoms with Crippen LogP contribution in [0.4, 0.5) is 0 Å². The number of carboxylic acids is 1. The van der Waals surface area contributed by atoms with Crippen molar-refractivity contribution >= 4 is 5.97 Å². The summed E-state index contributed by atoms with van der Waals surface area (Å²) in [6, 6.07) is 9.36. The molecule has 5 nitrogen and oxygen atoms in total. The molecule has 1 saturated heterocycles. The van der Waals surface area contributed by atoms with Gasteiger partial charge in [-0.05, 0) is 12.0 Å². The van der Waals surface area contributed by atoms with Crippen molar-refractivity contribution in [3.63, 3.8) is 0 Å². The van der Waals surface area contributed by atoms with Crippen LogP contribution in [0.1, 0.15) is 12.0 Å². The molecular weight excluding hydrogens is 256 g/mol. The average molecular weight is 278 g/mol. The number of nitrogens with one attached hydrogen (secondary N) is 1. The topological polar surface area (TPSA) is 61.8 Å². The van der Waals surface area contributed by atoms with Crippen molar-refractivity contribution in [1.29, 1.82) is 0 Å². The van der Waals surface area contributed by atoms with Crippen molar-refractivity contribution in [1.82, 2.24) is 10.2 Å². The van der Waals surface area contributed by atoms with Crippen LogP contribution in [0, 0.1) is 0 Å². The van der Waals surface area contributed by atoms with Crippen molar-refractivity contribution < 1.29 is 14.6 Å². The Morgan fingerprint density at radius 1 is 1.30 bits per heavy atom. The lowest BCUT2D eigenvalue weighted by molar-refractivity contribution is -0.139. The van der Waals surface area contributed by atoms with Crippen LogP contribution in [-0.2, 0) is 16.1 Å². The van der Waals surface area contributed by atoms with E-state index >= 15 is 0 Å². The van der Waals surface area contributed by atoms with Crippen LogP contribution in [0.25, 0.3) is 0 Å². The molecule has 0 amide bonds.